The van der Waals surface area contributed by atoms with Gasteiger partial charge >= 0.3 is 0 Å². The molecule has 1 atom stereocenters. The summed E-state index contributed by atoms with van der Waals surface area (Å²) in [7, 11) is 0. The average molecular weight is 225 g/mol. The molecule has 0 aliphatic carbocycles. The van der Waals surface area contributed by atoms with Crippen LogP contribution in [0.4, 0.5) is 5.13 Å². The number of fused-ring (bicyclic) bond motifs is 1. The van der Waals surface area contributed by atoms with Crippen molar-refractivity contribution >= 4 is 16.5 Å². The molecule has 84 valence electrons. The summed E-state index contributed by atoms with van der Waals surface area (Å²) in [6, 6.07) is 0.572. The van der Waals surface area contributed by atoms with Crippen LogP contribution in [0.5, 0.6) is 0 Å². The quantitative estimate of drug-likeness (QED) is 0.773. The highest BCUT2D eigenvalue weighted by Crippen LogP contribution is 2.26. The van der Waals surface area contributed by atoms with E-state index in [1.807, 2.05) is 0 Å². The fourth-order valence-electron chi connectivity index (χ4n) is 1.76. The lowest BCUT2D eigenvalue weighted by Gasteiger charge is -2.17. The molecule has 1 aromatic heterocycles. The number of nitrogens with zero attached hydrogens (tertiary/aromatic N) is 1. The number of hydrogen-bond donors (Lipinski definition) is 2. The highest BCUT2D eigenvalue weighted by molar-refractivity contribution is 7.15. The zero-order valence-corrected chi connectivity index (χ0v) is 10.3. The third-order valence-corrected chi connectivity index (χ3v) is 3.75. The third-order valence-electron chi connectivity index (χ3n) is 2.70. The minimum Gasteiger partial charge on any atom is -0.362 e. The van der Waals surface area contributed by atoms with Gasteiger partial charge in [-0.15, -0.1) is 11.3 Å². The number of aromatic nitrogens is 1. The topological polar surface area (TPSA) is 37.0 Å². The van der Waals surface area contributed by atoms with Crippen molar-refractivity contribution in [2.24, 2.45) is 0 Å². The van der Waals surface area contributed by atoms with Crippen LogP contribution >= 0.6 is 11.3 Å². The highest BCUT2D eigenvalue weighted by atomic mass is 32.1. The molecule has 4 heteroatoms. The van der Waals surface area contributed by atoms with Gasteiger partial charge in [-0.25, -0.2) is 4.98 Å². The SMILES string of the molecule is CCCCNc1nc2c(s1)CNC(C)C2. The first-order chi connectivity index (χ1) is 7.29. The summed E-state index contributed by atoms with van der Waals surface area (Å²) in [6.07, 6.45) is 3.52. The van der Waals surface area contributed by atoms with E-state index < -0.39 is 0 Å². The molecule has 2 heterocycles. The van der Waals surface area contributed by atoms with Gasteiger partial charge < -0.3 is 10.6 Å². The van der Waals surface area contributed by atoms with Crippen LogP contribution in [0.25, 0.3) is 0 Å². The molecule has 3 nitrogen and oxygen atoms in total. The Kier molecular flexibility index (Phi) is 3.59. The van der Waals surface area contributed by atoms with Crippen LogP contribution in [0.1, 0.15) is 37.3 Å². The zero-order valence-electron chi connectivity index (χ0n) is 9.47. The molecule has 1 aromatic rings. The van der Waals surface area contributed by atoms with Gasteiger partial charge in [0.15, 0.2) is 5.13 Å². The zero-order chi connectivity index (χ0) is 10.7. The van der Waals surface area contributed by atoms with Crippen molar-refractivity contribution in [1.29, 1.82) is 0 Å². The van der Waals surface area contributed by atoms with Crippen LogP contribution in [0.2, 0.25) is 0 Å². The van der Waals surface area contributed by atoms with Gasteiger partial charge in [-0.3, -0.25) is 0 Å². The fraction of sp³-hybridized carbons (Fsp3) is 0.727. The number of thiazole rings is 1. The largest absolute Gasteiger partial charge is 0.362 e. The first-order valence-electron chi connectivity index (χ1n) is 5.75. The lowest BCUT2D eigenvalue weighted by atomic mass is 10.1. The maximum Gasteiger partial charge on any atom is 0.183 e. The Bertz CT molecular complexity index is 322. The van der Waals surface area contributed by atoms with Crippen molar-refractivity contribution < 1.29 is 0 Å². The van der Waals surface area contributed by atoms with Crippen molar-refractivity contribution in [1.82, 2.24) is 10.3 Å². The van der Waals surface area contributed by atoms with E-state index in [0.717, 1.165) is 24.6 Å². The van der Waals surface area contributed by atoms with Gasteiger partial charge in [-0.05, 0) is 13.3 Å². The molecule has 0 fully saturated rings. The third kappa shape index (κ3) is 2.69. The Morgan fingerprint density at radius 2 is 2.47 bits per heavy atom. The van der Waals surface area contributed by atoms with E-state index in [1.54, 1.807) is 11.3 Å². The standard InChI is InChI=1S/C11H19N3S/c1-3-4-5-12-11-14-9-6-8(2)13-7-10(9)15-11/h8,13H,3-7H2,1-2H3,(H,12,14). The molecule has 1 unspecified atom stereocenters. The molecule has 1 aliphatic heterocycles. The number of anilines is 1. The van der Waals surface area contributed by atoms with Gasteiger partial charge in [-0.1, -0.05) is 13.3 Å². The molecule has 15 heavy (non-hydrogen) atoms. The van der Waals surface area contributed by atoms with E-state index in [-0.39, 0.29) is 0 Å². The fourth-order valence-corrected chi connectivity index (χ4v) is 2.72. The van der Waals surface area contributed by atoms with Crippen LogP contribution in [-0.2, 0) is 13.0 Å². The van der Waals surface area contributed by atoms with E-state index in [1.165, 1.54) is 23.4 Å². The van der Waals surface area contributed by atoms with Crippen molar-refractivity contribution in [3.8, 4) is 0 Å². The molecule has 2 N–H and O–H groups in total. The Balaban J connectivity index is 1.96. The van der Waals surface area contributed by atoms with Crippen molar-refractivity contribution in [3.63, 3.8) is 0 Å². The molecule has 0 saturated carbocycles. The van der Waals surface area contributed by atoms with Crippen LogP contribution in [0.15, 0.2) is 0 Å². The Morgan fingerprint density at radius 3 is 3.27 bits per heavy atom. The Labute approximate surface area is 95.3 Å². The second-order valence-electron chi connectivity index (χ2n) is 4.16. The van der Waals surface area contributed by atoms with Gasteiger partial charge in [0.2, 0.25) is 0 Å². The van der Waals surface area contributed by atoms with Gasteiger partial charge in [0.25, 0.3) is 0 Å². The molecule has 0 spiro atoms. The first kappa shape index (κ1) is 10.9. The summed E-state index contributed by atoms with van der Waals surface area (Å²) in [5.74, 6) is 0. The van der Waals surface area contributed by atoms with Crippen molar-refractivity contribution in [2.75, 3.05) is 11.9 Å². The van der Waals surface area contributed by atoms with Gasteiger partial charge in [-0.2, -0.15) is 0 Å². The molecular weight excluding hydrogens is 206 g/mol. The number of nitrogens with one attached hydrogen (secondary N) is 2. The number of unbranched alkanes of at least 4 members (excludes halogenated alkanes) is 1. The lowest BCUT2D eigenvalue weighted by Crippen LogP contribution is -2.32. The summed E-state index contributed by atoms with van der Waals surface area (Å²) in [6.45, 7) is 6.46. The predicted octanol–water partition coefficient (Wildman–Crippen LogP) is 2.39. The molecule has 0 saturated heterocycles. The van der Waals surface area contributed by atoms with Crippen LogP contribution in [0, 0.1) is 0 Å². The van der Waals surface area contributed by atoms with E-state index in [0.29, 0.717) is 6.04 Å². The molecule has 2 rings (SSSR count). The summed E-state index contributed by atoms with van der Waals surface area (Å²) in [4.78, 5) is 6.05. The van der Waals surface area contributed by atoms with Crippen molar-refractivity contribution in [2.45, 2.75) is 45.7 Å². The molecule has 1 aliphatic rings. The van der Waals surface area contributed by atoms with Crippen molar-refractivity contribution in [3.05, 3.63) is 10.6 Å². The highest BCUT2D eigenvalue weighted by Gasteiger charge is 2.18. The number of hydrogen-bond acceptors (Lipinski definition) is 4. The number of rotatable bonds is 4. The predicted molar refractivity (Wildman–Crippen MR) is 65.5 cm³/mol. The second kappa shape index (κ2) is 4.94. The van der Waals surface area contributed by atoms with Gasteiger partial charge in [0.05, 0.1) is 5.69 Å². The maximum atomic E-state index is 4.64. The molecule has 0 amide bonds. The van der Waals surface area contributed by atoms with Crippen LogP contribution in [-0.4, -0.2) is 17.6 Å². The second-order valence-corrected chi connectivity index (χ2v) is 5.24. The van der Waals surface area contributed by atoms with Gasteiger partial charge in [0, 0.05) is 30.4 Å². The van der Waals surface area contributed by atoms with E-state index in [4.69, 9.17) is 0 Å². The van der Waals surface area contributed by atoms with E-state index in [2.05, 4.69) is 29.5 Å². The maximum absolute atomic E-state index is 4.64. The molecule has 0 radical (unpaired) electrons. The first-order valence-corrected chi connectivity index (χ1v) is 6.57. The van der Waals surface area contributed by atoms with Crippen LogP contribution in [0.3, 0.4) is 0 Å². The van der Waals surface area contributed by atoms with Gasteiger partial charge in [0.1, 0.15) is 0 Å². The molecule has 0 bridgehead atoms. The normalized spacial score (nSPS) is 20.0. The Hall–Kier alpha value is -0.610. The average Bonchev–Trinajstić information content (AvgIpc) is 2.60. The molecular formula is C11H19N3S. The lowest BCUT2D eigenvalue weighted by molar-refractivity contribution is 0.513. The minimum absolute atomic E-state index is 0.572. The van der Waals surface area contributed by atoms with Crippen LogP contribution < -0.4 is 10.6 Å². The summed E-state index contributed by atoms with van der Waals surface area (Å²) < 4.78 is 0. The smallest absolute Gasteiger partial charge is 0.183 e. The van der Waals surface area contributed by atoms with E-state index >= 15 is 0 Å². The Morgan fingerprint density at radius 1 is 1.60 bits per heavy atom. The summed E-state index contributed by atoms with van der Waals surface area (Å²) in [5, 5.41) is 7.96. The van der Waals surface area contributed by atoms with E-state index in [9.17, 15) is 0 Å². The summed E-state index contributed by atoms with van der Waals surface area (Å²) >= 11 is 1.80. The molecule has 0 aromatic carbocycles. The minimum atomic E-state index is 0.572. The summed E-state index contributed by atoms with van der Waals surface area (Å²) in [5.41, 5.74) is 1.30. The monoisotopic (exact) mass is 225 g/mol.